The molecule has 4 aromatic rings. The van der Waals surface area contributed by atoms with E-state index in [1.807, 2.05) is 16.8 Å². The largest absolute Gasteiger partial charge is 0.294 e. The Labute approximate surface area is 178 Å². The summed E-state index contributed by atoms with van der Waals surface area (Å²) in [6, 6.07) is 19.0. The van der Waals surface area contributed by atoms with E-state index in [1.165, 1.54) is 16.7 Å². The molecule has 0 saturated heterocycles. The fraction of sp³-hybridized carbons (Fsp3) is 0.240. The van der Waals surface area contributed by atoms with Crippen LogP contribution in [-0.2, 0) is 6.54 Å². The lowest BCUT2D eigenvalue weighted by molar-refractivity contribution is 0.248. The average molecular weight is 398 g/mol. The quantitative estimate of drug-likeness (QED) is 0.452. The Morgan fingerprint density at radius 3 is 2.57 bits per heavy atom. The molecule has 2 aromatic carbocycles. The van der Waals surface area contributed by atoms with Gasteiger partial charge in [-0.25, -0.2) is 14.6 Å². The highest BCUT2D eigenvalue weighted by atomic mass is 15.3. The lowest BCUT2D eigenvalue weighted by atomic mass is 10.1. The van der Waals surface area contributed by atoms with Gasteiger partial charge in [-0.15, -0.1) is 0 Å². The van der Waals surface area contributed by atoms with Crippen molar-refractivity contribution in [1.29, 1.82) is 0 Å². The lowest BCUT2D eigenvalue weighted by Crippen LogP contribution is -2.22. The van der Waals surface area contributed by atoms with E-state index in [2.05, 4.69) is 91.3 Å². The zero-order chi connectivity index (χ0) is 21.1. The van der Waals surface area contributed by atoms with Crippen molar-refractivity contribution in [2.45, 2.75) is 33.4 Å². The summed E-state index contributed by atoms with van der Waals surface area (Å²) in [5, 5.41) is 5.00. The van der Waals surface area contributed by atoms with E-state index in [9.17, 15) is 0 Å². The summed E-state index contributed by atoms with van der Waals surface area (Å²) >= 11 is 0. The van der Waals surface area contributed by atoms with E-state index in [-0.39, 0.29) is 6.04 Å². The summed E-state index contributed by atoms with van der Waals surface area (Å²) in [4.78, 5) is 10.7. The second-order valence-corrected chi connectivity index (χ2v) is 7.83. The molecule has 0 bridgehead atoms. The predicted octanol–water partition coefficient (Wildman–Crippen LogP) is 5.14. The van der Waals surface area contributed by atoms with Gasteiger partial charge in [0.1, 0.15) is 6.33 Å². The predicted molar refractivity (Wildman–Crippen MR) is 120 cm³/mol. The molecule has 0 N–H and O–H groups in total. The summed E-state index contributed by atoms with van der Waals surface area (Å²) in [7, 11) is 2.12. The van der Waals surface area contributed by atoms with Crippen molar-refractivity contribution in [2.75, 3.05) is 7.05 Å². The molecule has 2 heterocycles. The molecule has 0 saturated carbocycles. The zero-order valence-corrected chi connectivity index (χ0v) is 17.9. The van der Waals surface area contributed by atoms with Crippen molar-refractivity contribution in [3.8, 4) is 16.9 Å². The number of aryl methyl sites for hydroxylation is 2. The van der Waals surface area contributed by atoms with Gasteiger partial charge in [0.15, 0.2) is 0 Å². The molecule has 1 unspecified atom stereocenters. The van der Waals surface area contributed by atoms with Gasteiger partial charge < -0.3 is 0 Å². The molecule has 0 aliphatic heterocycles. The van der Waals surface area contributed by atoms with Gasteiger partial charge in [-0.2, -0.15) is 5.10 Å². The first kappa shape index (κ1) is 20.0. The zero-order valence-electron chi connectivity index (χ0n) is 17.9. The van der Waals surface area contributed by atoms with E-state index < -0.39 is 0 Å². The summed E-state index contributed by atoms with van der Waals surface area (Å²) in [5.41, 5.74) is 7.88. The first-order chi connectivity index (χ1) is 14.5. The second-order valence-electron chi connectivity index (χ2n) is 7.83. The van der Waals surface area contributed by atoms with Crippen LogP contribution in [0.2, 0.25) is 0 Å². The molecule has 0 spiro atoms. The van der Waals surface area contributed by atoms with Crippen LogP contribution in [0.15, 0.2) is 73.3 Å². The summed E-state index contributed by atoms with van der Waals surface area (Å²) in [6.45, 7) is 7.17. The first-order valence-electron chi connectivity index (χ1n) is 10.2. The smallest absolute Gasteiger partial charge is 0.115 e. The van der Waals surface area contributed by atoms with Crippen LogP contribution in [0.4, 0.5) is 0 Å². The molecular weight excluding hydrogens is 370 g/mol. The van der Waals surface area contributed by atoms with Gasteiger partial charge in [-0.1, -0.05) is 42.5 Å². The van der Waals surface area contributed by atoms with Crippen LogP contribution in [0.1, 0.15) is 35.3 Å². The van der Waals surface area contributed by atoms with Crippen LogP contribution in [0, 0.1) is 13.8 Å². The van der Waals surface area contributed by atoms with Gasteiger partial charge in [0.25, 0.3) is 0 Å². The second kappa shape index (κ2) is 8.59. The number of nitrogens with zero attached hydrogens (tertiary/aromatic N) is 5. The van der Waals surface area contributed by atoms with Gasteiger partial charge in [0, 0.05) is 36.1 Å². The average Bonchev–Trinajstić information content (AvgIpc) is 3.19. The van der Waals surface area contributed by atoms with E-state index in [0.29, 0.717) is 0 Å². The highest BCUT2D eigenvalue weighted by Gasteiger charge is 2.19. The molecule has 30 heavy (non-hydrogen) atoms. The van der Waals surface area contributed by atoms with Crippen molar-refractivity contribution < 1.29 is 0 Å². The van der Waals surface area contributed by atoms with Crippen LogP contribution < -0.4 is 0 Å². The Morgan fingerprint density at radius 2 is 1.83 bits per heavy atom. The SMILES string of the molecule is Cc1ccc(C)c(-n2cc(CN(C)C(C)c3ccncn3)c(-c3ccccc3)n2)c1. The number of hydrogen-bond donors (Lipinski definition) is 0. The molecule has 0 amide bonds. The number of aromatic nitrogens is 4. The van der Waals surface area contributed by atoms with E-state index in [1.54, 1.807) is 12.5 Å². The van der Waals surface area contributed by atoms with Crippen LogP contribution in [0.25, 0.3) is 16.9 Å². The molecule has 4 rings (SSSR count). The fourth-order valence-corrected chi connectivity index (χ4v) is 3.63. The minimum Gasteiger partial charge on any atom is -0.294 e. The number of rotatable bonds is 6. The molecule has 0 fully saturated rings. The lowest BCUT2D eigenvalue weighted by Gasteiger charge is -2.24. The third kappa shape index (κ3) is 4.16. The van der Waals surface area contributed by atoms with Crippen molar-refractivity contribution in [1.82, 2.24) is 24.6 Å². The molecule has 1 atom stereocenters. The summed E-state index contributed by atoms with van der Waals surface area (Å²) < 4.78 is 2.02. The van der Waals surface area contributed by atoms with Gasteiger partial charge in [0.05, 0.1) is 17.1 Å². The van der Waals surface area contributed by atoms with Crippen molar-refractivity contribution in [3.63, 3.8) is 0 Å². The molecule has 152 valence electrons. The van der Waals surface area contributed by atoms with Gasteiger partial charge in [-0.05, 0) is 51.1 Å². The van der Waals surface area contributed by atoms with Crippen molar-refractivity contribution in [2.24, 2.45) is 0 Å². The molecule has 0 radical (unpaired) electrons. The third-order valence-electron chi connectivity index (χ3n) is 5.56. The van der Waals surface area contributed by atoms with Crippen molar-refractivity contribution >= 4 is 0 Å². The van der Waals surface area contributed by atoms with Crippen molar-refractivity contribution in [3.05, 3.63) is 95.7 Å². The highest BCUT2D eigenvalue weighted by Crippen LogP contribution is 2.28. The van der Waals surface area contributed by atoms with Crippen LogP contribution in [0.5, 0.6) is 0 Å². The monoisotopic (exact) mass is 397 g/mol. The maximum Gasteiger partial charge on any atom is 0.115 e. The molecule has 0 aliphatic carbocycles. The third-order valence-corrected chi connectivity index (χ3v) is 5.56. The Bertz CT molecular complexity index is 1120. The first-order valence-corrected chi connectivity index (χ1v) is 10.2. The molecule has 0 aliphatic rings. The Morgan fingerprint density at radius 1 is 1.03 bits per heavy atom. The van der Waals surface area contributed by atoms with Gasteiger partial charge in [-0.3, -0.25) is 4.90 Å². The molecular formula is C25H27N5. The fourth-order valence-electron chi connectivity index (χ4n) is 3.63. The molecule has 5 heteroatoms. The summed E-state index contributed by atoms with van der Waals surface area (Å²) in [5.74, 6) is 0. The van der Waals surface area contributed by atoms with Crippen LogP contribution in [0.3, 0.4) is 0 Å². The van der Waals surface area contributed by atoms with E-state index in [0.717, 1.165) is 29.2 Å². The molecule has 5 nitrogen and oxygen atoms in total. The highest BCUT2D eigenvalue weighted by molar-refractivity contribution is 5.63. The van der Waals surface area contributed by atoms with Crippen LogP contribution >= 0.6 is 0 Å². The Kier molecular flexibility index (Phi) is 5.72. The summed E-state index contributed by atoms with van der Waals surface area (Å²) in [6.07, 6.45) is 5.56. The molecule has 2 aromatic heterocycles. The van der Waals surface area contributed by atoms with Gasteiger partial charge in [0.2, 0.25) is 0 Å². The number of benzene rings is 2. The van der Waals surface area contributed by atoms with Crippen LogP contribution in [-0.4, -0.2) is 31.7 Å². The Balaban J connectivity index is 1.72. The topological polar surface area (TPSA) is 46.8 Å². The van der Waals surface area contributed by atoms with E-state index >= 15 is 0 Å². The van der Waals surface area contributed by atoms with Gasteiger partial charge >= 0.3 is 0 Å². The number of hydrogen-bond acceptors (Lipinski definition) is 4. The Hall–Kier alpha value is -3.31. The standard InChI is InChI=1S/C25H27N5/c1-18-10-11-19(2)24(14-18)30-16-22(25(28-30)21-8-6-5-7-9-21)15-29(4)20(3)23-12-13-26-17-27-23/h5-14,16-17,20H,15H2,1-4H3. The maximum absolute atomic E-state index is 5.00. The van der Waals surface area contributed by atoms with E-state index in [4.69, 9.17) is 5.10 Å². The normalized spacial score (nSPS) is 12.3. The minimum absolute atomic E-state index is 0.167. The maximum atomic E-state index is 5.00. The minimum atomic E-state index is 0.167.